The Hall–Kier alpha value is -3.84. The average molecular weight is 418 g/mol. The number of anilines is 2. The number of carbonyl (C=O) groups excluding carboxylic acids is 1. The summed E-state index contributed by atoms with van der Waals surface area (Å²) in [5.74, 6) is -1.97. The van der Waals surface area contributed by atoms with Crippen LogP contribution in [0.25, 0.3) is 0 Å². The van der Waals surface area contributed by atoms with Crippen molar-refractivity contribution in [2.24, 2.45) is 5.92 Å². The smallest absolute Gasteiger partial charge is 0.336 e. The minimum Gasteiger partial charge on any atom is -0.497 e. The number of nitrogens with one attached hydrogen (secondary N) is 1. The van der Waals surface area contributed by atoms with E-state index in [0.29, 0.717) is 17.1 Å². The van der Waals surface area contributed by atoms with Crippen LogP contribution in [-0.4, -0.2) is 30.2 Å². The molecule has 1 amide bonds. The molecule has 3 atom stereocenters. The molecular formula is C24H22N2O5. The van der Waals surface area contributed by atoms with Crippen molar-refractivity contribution in [3.8, 4) is 5.75 Å². The zero-order valence-electron chi connectivity index (χ0n) is 16.8. The Kier molecular flexibility index (Phi) is 5.86. The molecule has 0 aliphatic carbocycles. The lowest BCUT2D eigenvalue weighted by Gasteiger charge is -2.27. The number of carbonyl (C=O) groups is 2. The number of methoxy groups -OCH3 is 1. The molecule has 0 unspecified atom stereocenters. The summed E-state index contributed by atoms with van der Waals surface area (Å²) in [6.45, 7) is 0. The minimum atomic E-state index is -1.34. The SMILES string of the molecule is COc1ccc(NC(=O)[C@H]2[C@@H](c3ccccc3)N(c3ccccc3)O[C@H]2C(=O)O)cc1. The lowest BCUT2D eigenvalue weighted by Crippen LogP contribution is -2.37. The molecule has 7 heteroatoms. The molecule has 1 saturated heterocycles. The number of benzene rings is 3. The van der Waals surface area contributed by atoms with Crippen LogP contribution >= 0.6 is 0 Å². The number of aliphatic carboxylic acids is 1. The van der Waals surface area contributed by atoms with Crippen LogP contribution in [0.1, 0.15) is 11.6 Å². The first-order valence-corrected chi connectivity index (χ1v) is 9.82. The van der Waals surface area contributed by atoms with E-state index in [4.69, 9.17) is 9.57 Å². The van der Waals surface area contributed by atoms with Gasteiger partial charge in [-0.05, 0) is 42.0 Å². The number of nitrogens with zero attached hydrogens (tertiary/aromatic N) is 1. The van der Waals surface area contributed by atoms with Crippen molar-refractivity contribution in [2.45, 2.75) is 12.1 Å². The van der Waals surface area contributed by atoms with Crippen molar-refractivity contribution in [2.75, 3.05) is 17.5 Å². The Morgan fingerprint density at radius 3 is 2.13 bits per heavy atom. The van der Waals surface area contributed by atoms with Crippen LogP contribution in [0.2, 0.25) is 0 Å². The van der Waals surface area contributed by atoms with Crippen LogP contribution in [0.3, 0.4) is 0 Å². The zero-order valence-corrected chi connectivity index (χ0v) is 16.8. The molecule has 0 radical (unpaired) electrons. The highest BCUT2D eigenvalue weighted by molar-refractivity contribution is 5.97. The number of amides is 1. The molecule has 0 aromatic heterocycles. The monoisotopic (exact) mass is 418 g/mol. The second kappa shape index (κ2) is 8.89. The number of carboxylic acids is 1. The van der Waals surface area contributed by atoms with E-state index in [9.17, 15) is 14.7 Å². The zero-order chi connectivity index (χ0) is 21.8. The van der Waals surface area contributed by atoms with Crippen molar-refractivity contribution in [3.63, 3.8) is 0 Å². The standard InChI is InChI=1S/C24H22N2O5/c1-30-19-14-12-17(13-15-19)25-23(27)20-21(16-8-4-2-5-9-16)26(31-22(20)24(28)29)18-10-6-3-7-11-18/h2-15,20-22H,1H3,(H,25,27)(H,28,29)/t20-,21+,22+/m0/s1. The first kappa shape index (κ1) is 20.4. The number of hydrogen-bond donors (Lipinski definition) is 2. The topological polar surface area (TPSA) is 88.1 Å². The molecule has 158 valence electrons. The van der Waals surface area contributed by atoms with Gasteiger partial charge in [0, 0.05) is 5.69 Å². The number of hydrogen-bond acceptors (Lipinski definition) is 5. The van der Waals surface area contributed by atoms with Gasteiger partial charge in [0.05, 0.1) is 18.8 Å². The average Bonchev–Trinajstić information content (AvgIpc) is 3.22. The van der Waals surface area contributed by atoms with Gasteiger partial charge in [-0.25, -0.2) is 9.86 Å². The van der Waals surface area contributed by atoms with E-state index in [-0.39, 0.29) is 0 Å². The predicted octanol–water partition coefficient (Wildman–Crippen LogP) is 3.90. The number of ether oxygens (including phenoxy) is 1. The van der Waals surface area contributed by atoms with Crippen molar-refractivity contribution in [3.05, 3.63) is 90.5 Å². The van der Waals surface area contributed by atoms with Crippen molar-refractivity contribution < 1.29 is 24.3 Å². The molecule has 0 saturated carbocycles. The second-order valence-corrected chi connectivity index (χ2v) is 7.12. The van der Waals surface area contributed by atoms with Crippen LogP contribution in [0.4, 0.5) is 11.4 Å². The number of rotatable bonds is 6. The van der Waals surface area contributed by atoms with Crippen LogP contribution in [0.15, 0.2) is 84.9 Å². The van der Waals surface area contributed by atoms with E-state index in [1.54, 1.807) is 31.4 Å². The Labute approximate surface area is 179 Å². The molecule has 0 spiro atoms. The molecule has 7 nitrogen and oxygen atoms in total. The molecule has 0 bridgehead atoms. The van der Waals surface area contributed by atoms with Crippen LogP contribution in [0.5, 0.6) is 5.75 Å². The highest BCUT2D eigenvalue weighted by Gasteiger charge is 2.52. The first-order valence-electron chi connectivity index (χ1n) is 9.82. The maximum atomic E-state index is 13.3. The molecule has 1 aliphatic rings. The first-order chi connectivity index (χ1) is 15.1. The van der Waals surface area contributed by atoms with Crippen LogP contribution < -0.4 is 15.1 Å². The minimum absolute atomic E-state index is 0.440. The van der Waals surface area contributed by atoms with E-state index in [1.807, 2.05) is 60.7 Å². The lowest BCUT2D eigenvalue weighted by atomic mass is 9.88. The highest BCUT2D eigenvalue weighted by atomic mass is 16.7. The van der Waals surface area contributed by atoms with Crippen molar-refractivity contribution in [1.29, 1.82) is 0 Å². The van der Waals surface area contributed by atoms with E-state index < -0.39 is 29.9 Å². The summed E-state index contributed by atoms with van der Waals surface area (Å²) in [5, 5.41) is 14.2. The summed E-state index contributed by atoms with van der Waals surface area (Å²) in [6.07, 6.45) is -1.34. The fraction of sp³-hybridized carbons (Fsp3) is 0.167. The fourth-order valence-corrected chi connectivity index (χ4v) is 3.73. The fourth-order valence-electron chi connectivity index (χ4n) is 3.73. The molecule has 1 heterocycles. The third-order valence-electron chi connectivity index (χ3n) is 5.20. The van der Waals surface area contributed by atoms with Gasteiger partial charge in [0.2, 0.25) is 5.91 Å². The highest BCUT2D eigenvalue weighted by Crippen LogP contribution is 2.43. The summed E-state index contributed by atoms with van der Waals surface area (Å²) < 4.78 is 5.14. The summed E-state index contributed by atoms with van der Waals surface area (Å²) in [6, 6.07) is 24.7. The van der Waals surface area contributed by atoms with E-state index in [1.165, 1.54) is 5.06 Å². The number of carboxylic acid groups (broad SMARTS) is 1. The van der Waals surface area contributed by atoms with E-state index in [0.717, 1.165) is 5.56 Å². The normalized spacial score (nSPS) is 20.3. The van der Waals surface area contributed by atoms with Gasteiger partial charge in [-0.3, -0.25) is 9.63 Å². The molecule has 1 aliphatic heterocycles. The molecule has 2 N–H and O–H groups in total. The van der Waals surface area contributed by atoms with Gasteiger partial charge in [0.1, 0.15) is 11.7 Å². The van der Waals surface area contributed by atoms with E-state index in [2.05, 4.69) is 5.32 Å². The third-order valence-corrected chi connectivity index (χ3v) is 5.20. The van der Waals surface area contributed by atoms with Gasteiger partial charge < -0.3 is 15.2 Å². The molecule has 4 rings (SSSR count). The van der Waals surface area contributed by atoms with Crippen molar-refractivity contribution >= 4 is 23.3 Å². The van der Waals surface area contributed by atoms with Crippen LogP contribution in [0, 0.1) is 5.92 Å². The quantitative estimate of drug-likeness (QED) is 0.631. The Morgan fingerprint density at radius 1 is 0.935 bits per heavy atom. The summed E-state index contributed by atoms with van der Waals surface area (Å²) >= 11 is 0. The summed E-state index contributed by atoms with van der Waals surface area (Å²) in [7, 11) is 1.56. The summed E-state index contributed by atoms with van der Waals surface area (Å²) in [5.41, 5.74) is 1.99. The molecular weight excluding hydrogens is 396 g/mol. The lowest BCUT2D eigenvalue weighted by molar-refractivity contribution is -0.151. The maximum absolute atomic E-state index is 13.3. The maximum Gasteiger partial charge on any atom is 0.336 e. The van der Waals surface area contributed by atoms with Gasteiger partial charge in [-0.2, -0.15) is 0 Å². The Balaban J connectivity index is 1.72. The molecule has 31 heavy (non-hydrogen) atoms. The Bertz CT molecular complexity index is 1040. The van der Waals surface area contributed by atoms with Gasteiger partial charge in [-0.15, -0.1) is 0 Å². The van der Waals surface area contributed by atoms with Gasteiger partial charge >= 0.3 is 5.97 Å². The van der Waals surface area contributed by atoms with E-state index >= 15 is 0 Å². The van der Waals surface area contributed by atoms with Crippen molar-refractivity contribution in [1.82, 2.24) is 0 Å². The second-order valence-electron chi connectivity index (χ2n) is 7.12. The number of para-hydroxylation sites is 1. The van der Waals surface area contributed by atoms with Gasteiger partial charge in [0.25, 0.3) is 0 Å². The third kappa shape index (κ3) is 4.22. The van der Waals surface area contributed by atoms with Gasteiger partial charge in [0.15, 0.2) is 6.10 Å². The summed E-state index contributed by atoms with van der Waals surface area (Å²) in [4.78, 5) is 31.2. The predicted molar refractivity (Wildman–Crippen MR) is 116 cm³/mol. The molecule has 3 aromatic carbocycles. The largest absolute Gasteiger partial charge is 0.497 e. The molecule has 3 aromatic rings. The Morgan fingerprint density at radius 2 is 1.55 bits per heavy atom. The molecule has 1 fully saturated rings. The number of hydroxylamine groups is 1. The van der Waals surface area contributed by atoms with Crippen LogP contribution in [-0.2, 0) is 14.4 Å². The van der Waals surface area contributed by atoms with Gasteiger partial charge in [-0.1, -0.05) is 48.5 Å².